The topological polar surface area (TPSA) is 70.8 Å². The monoisotopic (exact) mass is 545 g/mol. The average Bonchev–Trinajstić information content (AvgIpc) is 2.64. The van der Waals surface area contributed by atoms with Crippen LogP contribution in [-0.4, -0.2) is 64.5 Å². The van der Waals surface area contributed by atoms with E-state index < -0.39 is 0 Å². The van der Waals surface area contributed by atoms with Crippen LogP contribution < -0.4 is 10.2 Å². The van der Waals surface area contributed by atoms with Gasteiger partial charge in [0.1, 0.15) is 0 Å². The second-order valence-electron chi connectivity index (χ2n) is 7.61. The summed E-state index contributed by atoms with van der Waals surface area (Å²) in [6.07, 6.45) is 0. The molecule has 7 heteroatoms. The summed E-state index contributed by atoms with van der Waals surface area (Å²) < 4.78 is 0. The van der Waals surface area contributed by atoms with Crippen molar-refractivity contribution in [3.8, 4) is 11.5 Å². The van der Waals surface area contributed by atoms with E-state index in [4.69, 9.17) is 0 Å². The molecule has 0 atom stereocenters. The third-order valence-corrected chi connectivity index (χ3v) is 3.35. The van der Waals surface area contributed by atoms with Crippen molar-refractivity contribution in [3.63, 3.8) is 0 Å². The molecule has 31 heavy (non-hydrogen) atoms. The first kappa shape index (κ1) is 32.1. The zero-order valence-electron chi connectivity index (χ0n) is 20.0. The van der Waals surface area contributed by atoms with Gasteiger partial charge in [-0.3, -0.25) is 9.98 Å². The maximum Gasteiger partial charge on any atom is 0.0588 e. The normalized spacial score (nSPS) is 11.2. The largest absolute Gasteiger partial charge is 0.872 e. The minimum Gasteiger partial charge on any atom is -0.872 e. The van der Waals surface area contributed by atoms with Crippen LogP contribution in [0.5, 0.6) is 11.5 Å². The van der Waals surface area contributed by atoms with E-state index in [0.29, 0.717) is 51.5 Å². The van der Waals surface area contributed by atoms with Crippen molar-refractivity contribution >= 4 is 27.3 Å². The molecular weight excluding hydrogens is 509 g/mol. The van der Waals surface area contributed by atoms with Gasteiger partial charge in [-0.15, -0.1) is 15.8 Å². The molecule has 4 nitrogen and oxygen atoms in total. The molecule has 0 fully saturated rings. The van der Waals surface area contributed by atoms with Crippen LogP contribution >= 0.6 is 15.8 Å². The summed E-state index contributed by atoms with van der Waals surface area (Å²) in [6, 6.07) is 13.7. The van der Waals surface area contributed by atoms with Gasteiger partial charge in [-0.25, -0.2) is 0 Å². The molecule has 0 aliphatic heterocycles. The van der Waals surface area contributed by atoms with Gasteiger partial charge in [0.25, 0.3) is 0 Å². The van der Waals surface area contributed by atoms with Crippen molar-refractivity contribution in [3.05, 3.63) is 59.7 Å². The molecule has 0 N–H and O–H groups in total. The number of benzene rings is 2. The quantitative estimate of drug-likeness (QED) is 0.306. The van der Waals surface area contributed by atoms with E-state index >= 15 is 0 Å². The van der Waals surface area contributed by atoms with E-state index in [1.165, 1.54) is 12.1 Å². The summed E-state index contributed by atoms with van der Waals surface area (Å²) in [7, 11) is 0.759. The van der Waals surface area contributed by atoms with Gasteiger partial charge in [0.05, 0.1) is 13.1 Å². The van der Waals surface area contributed by atoms with Gasteiger partial charge >= 0.3 is 0 Å². The number of hydrogen-bond acceptors (Lipinski definition) is 4. The number of nitrogens with zero attached hydrogens (tertiary/aromatic N) is 2. The van der Waals surface area contributed by atoms with E-state index in [1.807, 2.05) is 26.0 Å². The maximum atomic E-state index is 11.7. The zero-order valence-corrected chi connectivity index (χ0v) is 23.7. The van der Waals surface area contributed by atoms with Gasteiger partial charge in [-0.2, -0.15) is 0 Å². The molecule has 0 unspecified atom stereocenters. The minimum absolute atomic E-state index is 0. The number of hydrogen-bond donors (Lipinski definition) is 0. The van der Waals surface area contributed by atoms with E-state index in [2.05, 4.69) is 50.0 Å². The molecule has 0 saturated carbocycles. The van der Waals surface area contributed by atoms with Gasteiger partial charge in [0, 0.05) is 31.5 Å². The molecule has 2 rings (SSSR count). The Morgan fingerprint density at radius 1 is 0.645 bits per heavy atom. The second kappa shape index (κ2) is 18.5. The zero-order chi connectivity index (χ0) is 23.1. The van der Waals surface area contributed by atoms with Crippen LogP contribution in [-0.2, 0) is 20.1 Å². The molecule has 0 amide bonds. The molecule has 173 valence electrons. The first-order valence-electron chi connectivity index (χ1n) is 9.83. The van der Waals surface area contributed by atoms with Crippen molar-refractivity contribution in [2.24, 2.45) is 9.98 Å². The fourth-order valence-corrected chi connectivity index (χ4v) is 2.14. The predicted molar refractivity (Wildman–Crippen MR) is 135 cm³/mol. The summed E-state index contributed by atoms with van der Waals surface area (Å²) in [5.41, 5.74) is 2.66. The number of rotatable bonds is 5. The molecule has 2 aromatic rings. The van der Waals surface area contributed by atoms with Crippen LogP contribution in [0.15, 0.2) is 58.5 Å². The van der Waals surface area contributed by atoms with Gasteiger partial charge in [-0.05, 0) is 65.0 Å². The molecule has 1 radical (unpaired) electrons. The van der Waals surface area contributed by atoms with Crippen LogP contribution in [0.3, 0.4) is 0 Å². The Labute approximate surface area is 205 Å². The SMILES string of the molecule is CC(=NCCN=C(C)c1ccccc1[O-])c1ccccc1[O-].CP(C)C.CP(C)C.[99Tc]. The molecule has 0 saturated heterocycles. The Kier molecular flexibility index (Phi) is 19.1. The number of aliphatic imine (C=N–C) groups is 2. The molecule has 0 aromatic heterocycles. The Morgan fingerprint density at radius 3 is 1.16 bits per heavy atom. The first-order valence-corrected chi connectivity index (χ1v) is 15.2. The van der Waals surface area contributed by atoms with Gasteiger partial charge < -0.3 is 10.2 Å². The van der Waals surface area contributed by atoms with Crippen LogP contribution in [0.4, 0.5) is 0 Å². The third-order valence-electron chi connectivity index (χ3n) is 3.35. The Bertz CT molecular complexity index is 737. The van der Waals surface area contributed by atoms with E-state index in [1.54, 1.807) is 24.3 Å². The minimum atomic E-state index is -0.0243. The summed E-state index contributed by atoms with van der Waals surface area (Å²) in [5.74, 6) is -0.0487. The van der Waals surface area contributed by atoms with Crippen LogP contribution in [0, 0.1) is 0 Å². The fourth-order valence-electron chi connectivity index (χ4n) is 2.14. The van der Waals surface area contributed by atoms with Crippen molar-refractivity contribution in [2.45, 2.75) is 13.8 Å². The smallest absolute Gasteiger partial charge is 0.0588 e. The third kappa shape index (κ3) is 16.2. The summed E-state index contributed by atoms with van der Waals surface area (Å²) in [4.78, 5) is 8.75. The summed E-state index contributed by atoms with van der Waals surface area (Å²) >= 11 is 0. The standard InChI is InChI=1S/C18H20N2O2.2C3H9P.Tc/c1-13(15-7-3-5-9-17(15)21)19-11-12-20-14(2)16-8-4-6-10-18(16)22;2*1-4(2)3;/h3-10,21-22H,11-12H2,1-2H3;2*1-3H3;/p-2/i;;;1+1. The Balaban J connectivity index is 0. The molecule has 0 bridgehead atoms. The van der Waals surface area contributed by atoms with Crippen LogP contribution in [0.1, 0.15) is 25.0 Å². The van der Waals surface area contributed by atoms with Crippen LogP contribution in [0.2, 0.25) is 0 Å². The van der Waals surface area contributed by atoms with Crippen molar-refractivity contribution in [1.29, 1.82) is 0 Å². The fraction of sp³-hybridized carbons (Fsp3) is 0.417. The van der Waals surface area contributed by atoms with Gasteiger partial charge in [0.15, 0.2) is 0 Å². The molecule has 2 aromatic carbocycles. The number of para-hydroxylation sites is 2. The Morgan fingerprint density at radius 2 is 0.903 bits per heavy atom. The van der Waals surface area contributed by atoms with Crippen LogP contribution in [0.25, 0.3) is 0 Å². The van der Waals surface area contributed by atoms with Crippen molar-refractivity contribution in [1.82, 2.24) is 0 Å². The average molecular weight is 545 g/mol. The van der Waals surface area contributed by atoms with E-state index in [9.17, 15) is 10.2 Å². The van der Waals surface area contributed by atoms with E-state index in [0.717, 1.165) is 0 Å². The van der Waals surface area contributed by atoms with Gasteiger partial charge in [0.2, 0.25) is 0 Å². The summed E-state index contributed by atoms with van der Waals surface area (Å²) in [5, 5.41) is 23.4. The molecule has 0 aliphatic rings. The molecule has 0 aliphatic carbocycles. The predicted octanol–water partition coefficient (Wildman–Crippen LogP) is 4.86. The van der Waals surface area contributed by atoms with Gasteiger partial charge in [-0.1, -0.05) is 60.0 Å². The molecular formula is C24H36N2O2P2Tc-2. The van der Waals surface area contributed by atoms with Crippen molar-refractivity contribution < 1.29 is 30.3 Å². The molecule has 0 heterocycles. The molecule has 0 spiro atoms. The Hall–Kier alpha value is -1.11. The first-order chi connectivity index (χ1) is 14.1. The summed E-state index contributed by atoms with van der Waals surface area (Å²) in [6.45, 7) is 18.0. The van der Waals surface area contributed by atoms with Crippen molar-refractivity contribution in [2.75, 3.05) is 53.1 Å². The second-order valence-corrected chi connectivity index (χ2v) is 13.0. The van der Waals surface area contributed by atoms with E-state index in [-0.39, 0.29) is 31.6 Å². The maximum absolute atomic E-state index is 11.7.